The van der Waals surface area contributed by atoms with E-state index in [-0.39, 0.29) is 18.1 Å². The molecular formula is C23H24N2O3S. The van der Waals surface area contributed by atoms with Crippen LogP contribution in [0.5, 0.6) is 5.75 Å². The highest BCUT2D eigenvalue weighted by atomic mass is 32.2. The summed E-state index contributed by atoms with van der Waals surface area (Å²) in [4.78, 5) is 19.4. The number of hydrogen-bond acceptors (Lipinski definition) is 5. The van der Waals surface area contributed by atoms with Gasteiger partial charge in [-0.05, 0) is 54.9 Å². The average Bonchev–Trinajstić information content (AvgIpc) is 3.08. The minimum absolute atomic E-state index is 0.133. The van der Waals surface area contributed by atoms with Crippen molar-refractivity contribution in [1.29, 1.82) is 0 Å². The molecule has 0 aliphatic carbocycles. The molecule has 1 saturated heterocycles. The molecule has 2 aliphatic rings. The van der Waals surface area contributed by atoms with Crippen molar-refractivity contribution in [2.75, 3.05) is 13.1 Å². The fourth-order valence-electron chi connectivity index (χ4n) is 3.42. The van der Waals surface area contributed by atoms with Crippen LogP contribution >= 0.6 is 11.8 Å². The van der Waals surface area contributed by atoms with Crippen LogP contribution in [0.25, 0.3) is 6.08 Å². The van der Waals surface area contributed by atoms with Crippen molar-refractivity contribution in [3.05, 3.63) is 70.6 Å². The number of benzene rings is 2. The summed E-state index contributed by atoms with van der Waals surface area (Å²) in [6, 6.07) is 17.8. The third-order valence-electron chi connectivity index (χ3n) is 4.73. The zero-order chi connectivity index (χ0) is 20.2. The number of hydrogen-bond donors (Lipinski definition) is 0. The van der Waals surface area contributed by atoms with E-state index >= 15 is 0 Å². The highest BCUT2D eigenvalue weighted by Crippen LogP contribution is 2.31. The molecule has 5 nitrogen and oxygen atoms in total. The van der Waals surface area contributed by atoms with Crippen molar-refractivity contribution in [3.63, 3.8) is 0 Å². The first-order valence-corrected chi connectivity index (χ1v) is 10.6. The lowest BCUT2D eigenvalue weighted by molar-refractivity contribution is -0.113. The summed E-state index contributed by atoms with van der Waals surface area (Å²) in [5.41, 5.74) is 2.08. The van der Waals surface area contributed by atoms with Crippen LogP contribution in [0.1, 0.15) is 25.0 Å². The Kier molecular flexibility index (Phi) is 6.02. The molecule has 2 aliphatic heterocycles. The molecule has 0 saturated carbocycles. The van der Waals surface area contributed by atoms with Gasteiger partial charge in [-0.3, -0.25) is 4.79 Å². The number of nitrogens with zero attached hydrogens (tertiary/aromatic N) is 2. The number of carbonyl (C=O) groups excluding carboxylic acids is 1. The Morgan fingerprint density at radius 2 is 1.79 bits per heavy atom. The van der Waals surface area contributed by atoms with Crippen molar-refractivity contribution in [2.24, 2.45) is 4.99 Å². The summed E-state index contributed by atoms with van der Waals surface area (Å²) in [6.45, 7) is 6.13. The Balaban J connectivity index is 1.37. The molecule has 2 atom stereocenters. The minimum atomic E-state index is -0.179. The molecule has 2 heterocycles. The molecule has 0 bridgehead atoms. The molecule has 2 aromatic carbocycles. The standard InChI is InChI=1S/C23H24N2O3S/c1-16-13-25(14-17(2)28-16)23-24-22(26)21(29-23)12-18-8-10-20(11-9-18)27-15-19-6-4-3-5-7-19/h3-12,16-17H,13-15H2,1-2H3. The predicted octanol–water partition coefficient (Wildman–Crippen LogP) is 4.35. The van der Waals surface area contributed by atoms with Gasteiger partial charge in [0.2, 0.25) is 0 Å². The fraction of sp³-hybridized carbons (Fsp3) is 0.304. The summed E-state index contributed by atoms with van der Waals surface area (Å²) < 4.78 is 11.6. The lowest BCUT2D eigenvalue weighted by atomic mass is 10.2. The Morgan fingerprint density at radius 1 is 1.10 bits per heavy atom. The minimum Gasteiger partial charge on any atom is -0.489 e. The van der Waals surface area contributed by atoms with Crippen LogP contribution < -0.4 is 4.74 Å². The molecule has 0 spiro atoms. The quantitative estimate of drug-likeness (QED) is 0.704. The van der Waals surface area contributed by atoms with Crippen LogP contribution in [-0.2, 0) is 16.1 Å². The Bertz CT molecular complexity index is 915. The van der Waals surface area contributed by atoms with Crippen molar-refractivity contribution >= 4 is 28.9 Å². The van der Waals surface area contributed by atoms with Gasteiger partial charge in [-0.1, -0.05) is 42.5 Å². The van der Waals surface area contributed by atoms with E-state index in [2.05, 4.69) is 9.89 Å². The second-order valence-corrected chi connectivity index (χ2v) is 8.32. The van der Waals surface area contributed by atoms with E-state index in [4.69, 9.17) is 9.47 Å². The van der Waals surface area contributed by atoms with Crippen molar-refractivity contribution in [2.45, 2.75) is 32.7 Å². The topological polar surface area (TPSA) is 51.1 Å². The fourth-order valence-corrected chi connectivity index (χ4v) is 4.35. The number of ether oxygens (including phenoxy) is 2. The Hall–Kier alpha value is -2.57. The second kappa shape index (κ2) is 8.84. The number of carbonyl (C=O) groups is 1. The van der Waals surface area contributed by atoms with Gasteiger partial charge in [-0.15, -0.1) is 0 Å². The lowest BCUT2D eigenvalue weighted by Gasteiger charge is -2.35. The first kappa shape index (κ1) is 19.7. The van der Waals surface area contributed by atoms with E-state index in [1.54, 1.807) is 0 Å². The maximum atomic E-state index is 12.4. The predicted molar refractivity (Wildman–Crippen MR) is 117 cm³/mol. The van der Waals surface area contributed by atoms with E-state index < -0.39 is 0 Å². The Labute approximate surface area is 175 Å². The van der Waals surface area contributed by atoms with Crippen LogP contribution in [0.2, 0.25) is 0 Å². The maximum absolute atomic E-state index is 12.4. The van der Waals surface area contributed by atoms with E-state index in [9.17, 15) is 4.79 Å². The summed E-state index contributed by atoms with van der Waals surface area (Å²) in [5, 5.41) is 0.770. The second-order valence-electron chi connectivity index (χ2n) is 7.32. The van der Waals surface area contributed by atoms with Crippen LogP contribution in [-0.4, -0.2) is 41.3 Å². The van der Waals surface area contributed by atoms with Gasteiger partial charge >= 0.3 is 0 Å². The van der Waals surface area contributed by atoms with Gasteiger partial charge in [0, 0.05) is 13.1 Å². The first-order chi connectivity index (χ1) is 14.1. The summed E-state index contributed by atoms with van der Waals surface area (Å²) in [5.74, 6) is 0.621. The number of morpholine rings is 1. The van der Waals surface area contributed by atoms with Gasteiger partial charge in [0.25, 0.3) is 5.91 Å². The van der Waals surface area contributed by atoms with Gasteiger partial charge in [0.05, 0.1) is 17.1 Å². The van der Waals surface area contributed by atoms with Crippen molar-refractivity contribution in [1.82, 2.24) is 4.90 Å². The molecule has 150 valence electrons. The molecule has 1 amide bonds. The molecular weight excluding hydrogens is 384 g/mol. The average molecular weight is 409 g/mol. The van der Waals surface area contributed by atoms with Gasteiger partial charge < -0.3 is 14.4 Å². The highest BCUT2D eigenvalue weighted by molar-refractivity contribution is 8.18. The molecule has 0 N–H and O–H groups in total. The molecule has 1 fully saturated rings. The van der Waals surface area contributed by atoms with Crippen LogP contribution in [0.4, 0.5) is 0 Å². The Morgan fingerprint density at radius 3 is 2.48 bits per heavy atom. The number of thioether (sulfide) groups is 1. The number of aliphatic imine (C=N–C) groups is 1. The third kappa shape index (κ3) is 5.08. The van der Waals surface area contributed by atoms with Crippen molar-refractivity contribution in [3.8, 4) is 5.75 Å². The first-order valence-electron chi connectivity index (χ1n) is 9.76. The normalized spacial score (nSPS) is 23.4. The third-order valence-corrected chi connectivity index (χ3v) is 5.77. The van der Waals surface area contributed by atoms with Crippen LogP contribution in [0.15, 0.2) is 64.5 Å². The molecule has 6 heteroatoms. The summed E-state index contributed by atoms with van der Waals surface area (Å²) in [6.07, 6.45) is 2.15. The largest absolute Gasteiger partial charge is 0.489 e. The monoisotopic (exact) mass is 408 g/mol. The van der Waals surface area contributed by atoms with E-state index in [1.165, 1.54) is 11.8 Å². The van der Waals surface area contributed by atoms with E-state index in [1.807, 2.05) is 74.5 Å². The van der Waals surface area contributed by atoms with Gasteiger partial charge in [0.15, 0.2) is 5.17 Å². The summed E-state index contributed by atoms with van der Waals surface area (Å²) in [7, 11) is 0. The summed E-state index contributed by atoms with van der Waals surface area (Å²) >= 11 is 1.44. The molecule has 0 aromatic heterocycles. The number of amides is 1. The van der Waals surface area contributed by atoms with Gasteiger partial charge in [0.1, 0.15) is 12.4 Å². The number of amidine groups is 1. The van der Waals surface area contributed by atoms with E-state index in [0.29, 0.717) is 11.5 Å². The van der Waals surface area contributed by atoms with E-state index in [0.717, 1.165) is 35.1 Å². The molecule has 29 heavy (non-hydrogen) atoms. The number of rotatable bonds is 4. The van der Waals surface area contributed by atoms with Crippen LogP contribution in [0.3, 0.4) is 0 Å². The van der Waals surface area contributed by atoms with Crippen LogP contribution in [0, 0.1) is 0 Å². The smallest absolute Gasteiger partial charge is 0.286 e. The molecule has 2 aromatic rings. The zero-order valence-corrected chi connectivity index (χ0v) is 17.4. The van der Waals surface area contributed by atoms with Gasteiger partial charge in [-0.2, -0.15) is 4.99 Å². The molecule has 4 rings (SSSR count). The zero-order valence-electron chi connectivity index (χ0n) is 16.6. The SMILES string of the molecule is CC1CN(C2=NC(=O)C(=Cc3ccc(OCc4ccccc4)cc3)S2)CC(C)O1. The van der Waals surface area contributed by atoms with Crippen molar-refractivity contribution < 1.29 is 14.3 Å². The van der Waals surface area contributed by atoms with Gasteiger partial charge in [-0.25, -0.2) is 0 Å². The maximum Gasteiger partial charge on any atom is 0.286 e. The highest BCUT2D eigenvalue weighted by Gasteiger charge is 2.30. The molecule has 2 unspecified atom stereocenters. The lowest BCUT2D eigenvalue weighted by Crippen LogP contribution is -2.47. The molecule has 0 radical (unpaired) electrons.